The second kappa shape index (κ2) is 7.76. The van der Waals surface area contributed by atoms with Crippen LogP contribution in [-0.2, 0) is 0 Å². The minimum Gasteiger partial charge on any atom is -0.394 e. The number of hydrogen-bond acceptors (Lipinski definition) is 3. The molecule has 0 aliphatic carbocycles. The van der Waals surface area contributed by atoms with E-state index in [0.717, 1.165) is 44.3 Å². The lowest BCUT2D eigenvalue weighted by Gasteiger charge is -2.34. The van der Waals surface area contributed by atoms with E-state index in [4.69, 9.17) is 0 Å². The highest BCUT2D eigenvalue weighted by molar-refractivity contribution is 5.57. The van der Waals surface area contributed by atoms with Gasteiger partial charge in [-0.25, -0.2) is 4.39 Å². The van der Waals surface area contributed by atoms with E-state index in [1.54, 1.807) is 6.07 Å². The Morgan fingerprint density at radius 1 is 1.38 bits per heavy atom. The first-order valence-corrected chi connectivity index (χ1v) is 8.08. The number of aliphatic hydroxyl groups excluding tert-OH is 1. The van der Waals surface area contributed by atoms with Gasteiger partial charge in [-0.3, -0.25) is 0 Å². The summed E-state index contributed by atoms with van der Waals surface area (Å²) >= 11 is 0. The molecule has 21 heavy (non-hydrogen) atoms. The number of rotatable bonds is 5. The Morgan fingerprint density at radius 2 is 2.19 bits per heavy atom. The Morgan fingerprint density at radius 3 is 2.90 bits per heavy atom. The van der Waals surface area contributed by atoms with Crippen molar-refractivity contribution in [3.8, 4) is 0 Å². The quantitative estimate of drug-likeness (QED) is 0.875. The molecule has 1 fully saturated rings. The summed E-state index contributed by atoms with van der Waals surface area (Å²) in [4.78, 5) is 2.09. The highest BCUT2D eigenvalue weighted by atomic mass is 19.1. The monoisotopic (exact) mass is 294 g/mol. The van der Waals surface area contributed by atoms with Gasteiger partial charge >= 0.3 is 0 Å². The minimum absolute atomic E-state index is 0.0250. The van der Waals surface area contributed by atoms with Gasteiger partial charge in [0.1, 0.15) is 5.82 Å². The van der Waals surface area contributed by atoms with Crippen molar-refractivity contribution in [2.45, 2.75) is 51.6 Å². The van der Waals surface area contributed by atoms with Gasteiger partial charge in [0.05, 0.1) is 18.3 Å². The first-order valence-electron chi connectivity index (χ1n) is 8.08. The zero-order chi connectivity index (χ0) is 15.2. The smallest absolute Gasteiger partial charge is 0.146 e. The van der Waals surface area contributed by atoms with E-state index in [1.807, 2.05) is 6.07 Å². The molecular weight excluding hydrogens is 267 g/mol. The molecule has 2 rings (SSSR count). The molecule has 4 heteroatoms. The van der Waals surface area contributed by atoms with Crippen molar-refractivity contribution in [3.05, 3.63) is 29.6 Å². The van der Waals surface area contributed by atoms with Crippen LogP contribution in [0.5, 0.6) is 0 Å². The summed E-state index contributed by atoms with van der Waals surface area (Å²) in [6, 6.07) is 5.41. The van der Waals surface area contributed by atoms with Crippen molar-refractivity contribution in [1.82, 2.24) is 5.32 Å². The number of anilines is 1. The number of nitrogens with zero attached hydrogens (tertiary/aromatic N) is 1. The van der Waals surface area contributed by atoms with Crippen LogP contribution in [0.4, 0.5) is 10.1 Å². The van der Waals surface area contributed by atoms with Crippen LogP contribution >= 0.6 is 0 Å². The molecule has 3 nitrogen and oxygen atoms in total. The normalized spacial score (nSPS) is 21.1. The van der Waals surface area contributed by atoms with Gasteiger partial charge in [-0.2, -0.15) is 0 Å². The third-order valence-electron chi connectivity index (χ3n) is 4.37. The van der Waals surface area contributed by atoms with Crippen molar-refractivity contribution in [1.29, 1.82) is 0 Å². The topological polar surface area (TPSA) is 35.5 Å². The second-order valence-corrected chi connectivity index (χ2v) is 5.84. The molecule has 1 aliphatic heterocycles. The second-order valence-electron chi connectivity index (χ2n) is 5.84. The summed E-state index contributed by atoms with van der Waals surface area (Å²) in [6.45, 7) is 5.87. The number of nitrogens with one attached hydrogen (secondary N) is 1. The van der Waals surface area contributed by atoms with E-state index >= 15 is 0 Å². The van der Waals surface area contributed by atoms with E-state index in [9.17, 15) is 9.50 Å². The van der Waals surface area contributed by atoms with Gasteiger partial charge in [-0.15, -0.1) is 0 Å². The Hall–Kier alpha value is -1.13. The summed E-state index contributed by atoms with van der Waals surface area (Å²) < 4.78 is 14.5. The SMILES string of the molecule is CCNC(C)c1cccc(F)c1N1CCCCCC1CO. The lowest BCUT2D eigenvalue weighted by atomic mass is 10.0. The molecule has 2 atom stereocenters. The van der Waals surface area contributed by atoms with Crippen LogP contribution in [0.15, 0.2) is 18.2 Å². The van der Waals surface area contributed by atoms with E-state index in [0.29, 0.717) is 5.69 Å². The van der Waals surface area contributed by atoms with Crippen LogP contribution in [-0.4, -0.2) is 30.8 Å². The predicted octanol–water partition coefficient (Wildman–Crippen LogP) is 3.24. The first-order chi connectivity index (χ1) is 10.2. The summed E-state index contributed by atoms with van der Waals surface area (Å²) in [6.07, 6.45) is 4.24. The molecular formula is C17H27FN2O. The first kappa shape index (κ1) is 16.2. The maximum Gasteiger partial charge on any atom is 0.146 e. The van der Waals surface area contributed by atoms with Gasteiger partial charge in [0.2, 0.25) is 0 Å². The maximum atomic E-state index is 14.5. The van der Waals surface area contributed by atoms with Crippen molar-refractivity contribution in [2.24, 2.45) is 0 Å². The third-order valence-corrected chi connectivity index (χ3v) is 4.37. The zero-order valence-electron chi connectivity index (χ0n) is 13.1. The fraction of sp³-hybridized carbons (Fsp3) is 0.647. The fourth-order valence-corrected chi connectivity index (χ4v) is 3.26. The predicted molar refractivity (Wildman–Crippen MR) is 85.2 cm³/mol. The molecule has 118 valence electrons. The zero-order valence-corrected chi connectivity index (χ0v) is 13.1. The molecule has 2 N–H and O–H groups in total. The summed E-state index contributed by atoms with van der Waals surface area (Å²) in [7, 11) is 0. The van der Waals surface area contributed by atoms with Crippen LogP contribution in [0.1, 0.15) is 51.1 Å². The van der Waals surface area contributed by atoms with Gasteiger partial charge in [0, 0.05) is 12.6 Å². The molecule has 2 unspecified atom stereocenters. The number of aliphatic hydroxyl groups is 1. The minimum atomic E-state index is -0.183. The number of para-hydroxylation sites is 1. The average molecular weight is 294 g/mol. The molecule has 1 saturated heterocycles. The molecule has 1 aromatic rings. The molecule has 1 aliphatic rings. The fourth-order valence-electron chi connectivity index (χ4n) is 3.26. The van der Waals surface area contributed by atoms with Crippen molar-refractivity contribution >= 4 is 5.69 Å². The third kappa shape index (κ3) is 3.74. The van der Waals surface area contributed by atoms with Crippen LogP contribution < -0.4 is 10.2 Å². The molecule has 0 aromatic heterocycles. The van der Waals surface area contributed by atoms with E-state index in [-0.39, 0.29) is 24.5 Å². The molecule has 0 radical (unpaired) electrons. The number of halogens is 1. The van der Waals surface area contributed by atoms with Crippen LogP contribution in [0, 0.1) is 5.82 Å². The van der Waals surface area contributed by atoms with Crippen LogP contribution in [0.2, 0.25) is 0 Å². The largest absolute Gasteiger partial charge is 0.394 e. The Labute approximate surface area is 127 Å². The lowest BCUT2D eigenvalue weighted by Crippen LogP contribution is -2.39. The van der Waals surface area contributed by atoms with Crippen molar-refractivity contribution in [3.63, 3.8) is 0 Å². The molecule has 0 spiro atoms. The van der Waals surface area contributed by atoms with Gasteiger partial charge < -0.3 is 15.3 Å². The van der Waals surface area contributed by atoms with Gasteiger partial charge in [0.15, 0.2) is 0 Å². The Kier molecular flexibility index (Phi) is 6.00. The maximum absolute atomic E-state index is 14.5. The van der Waals surface area contributed by atoms with Gasteiger partial charge in [-0.1, -0.05) is 31.9 Å². The summed E-state index contributed by atoms with van der Waals surface area (Å²) in [5.41, 5.74) is 1.66. The Bertz CT molecular complexity index is 452. The molecule has 1 aromatic carbocycles. The van der Waals surface area contributed by atoms with E-state index in [1.165, 1.54) is 6.07 Å². The summed E-state index contributed by atoms with van der Waals surface area (Å²) in [5, 5.41) is 13.1. The van der Waals surface area contributed by atoms with Crippen LogP contribution in [0.3, 0.4) is 0 Å². The van der Waals surface area contributed by atoms with E-state index in [2.05, 4.69) is 24.1 Å². The molecule has 1 heterocycles. The average Bonchev–Trinajstić information content (AvgIpc) is 2.72. The summed E-state index contributed by atoms with van der Waals surface area (Å²) in [5.74, 6) is -0.183. The number of benzene rings is 1. The highest BCUT2D eigenvalue weighted by Crippen LogP contribution is 2.33. The van der Waals surface area contributed by atoms with Gasteiger partial charge in [-0.05, 0) is 37.9 Å². The lowest BCUT2D eigenvalue weighted by molar-refractivity contribution is 0.254. The number of hydrogen-bond donors (Lipinski definition) is 2. The van der Waals surface area contributed by atoms with Crippen molar-refractivity contribution < 1.29 is 9.50 Å². The van der Waals surface area contributed by atoms with E-state index < -0.39 is 0 Å². The van der Waals surface area contributed by atoms with Crippen molar-refractivity contribution in [2.75, 3.05) is 24.6 Å². The molecule has 0 bridgehead atoms. The standard InChI is InChI=1S/C17H27FN2O/c1-3-19-13(2)15-9-7-10-16(18)17(15)20-11-6-4-5-8-14(20)12-21/h7,9-10,13-14,19,21H,3-6,8,11-12H2,1-2H3. The van der Waals surface area contributed by atoms with Crippen LogP contribution in [0.25, 0.3) is 0 Å². The van der Waals surface area contributed by atoms with Gasteiger partial charge in [0.25, 0.3) is 0 Å². The Balaban J connectivity index is 2.39. The highest BCUT2D eigenvalue weighted by Gasteiger charge is 2.26. The molecule has 0 saturated carbocycles. The molecule has 0 amide bonds.